The zero-order valence-electron chi connectivity index (χ0n) is 28.9. The Kier molecular flexibility index (Phi) is 7.23. The summed E-state index contributed by atoms with van der Waals surface area (Å²) in [7, 11) is 0. The normalized spacial score (nSPS) is 16.0. The maximum atomic E-state index is 3.89. The molecule has 248 valence electrons. The van der Waals surface area contributed by atoms with Crippen molar-refractivity contribution in [2.24, 2.45) is 0 Å². The molecule has 52 heavy (non-hydrogen) atoms. The summed E-state index contributed by atoms with van der Waals surface area (Å²) in [5.74, 6) is 0. The molecule has 0 bridgehead atoms. The average Bonchev–Trinajstić information content (AvgIpc) is 3.75. The highest BCUT2D eigenvalue weighted by Crippen LogP contribution is 2.47. The van der Waals surface area contributed by atoms with Crippen molar-refractivity contribution in [1.82, 2.24) is 4.57 Å². The van der Waals surface area contributed by atoms with Gasteiger partial charge in [-0.15, -0.1) is 11.3 Å². The van der Waals surface area contributed by atoms with E-state index in [-0.39, 0.29) is 5.41 Å². The number of thiophene rings is 1. The Hall–Kier alpha value is -6.16. The standard InChI is InChI=1S/C49H36N2S/c1-49(37-24-27-42-41-17-9-11-19-46(41)52-47(42)31-37)32-36(23-29-48(49)50-38-25-20-34(21-26-38)33-12-4-2-5-13-33)35-22-28-45-43(30-35)40-16-8-10-18-44(40)51(45)39-14-6-3-7-15-39/h2-31,50H,32H2,1H3. The highest BCUT2D eigenvalue weighted by molar-refractivity contribution is 7.25. The van der Waals surface area contributed by atoms with Gasteiger partial charge in [0.25, 0.3) is 0 Å². The Morgan fingerprint density at radius 2 is 1.17 bits per heavy atom. The lowest BCUT2D eigenvalue weighted by atomic mass is 9.70. The van der Waals surface area contributed by atoms with Gasteiger partial charge in [-0.1, -0.05) is 121 Å². The predicted molar refractivity (Wildman–Crippen MR) is 224 cm³/mol. The Morgan fingerprint density at radius 1 is 0.519 bits per heavy atom. The first kappa shape index (κ1) is 30.6. The van der Waals surface area contributed by atoms with Gasteiger partial charge in [-0.05, 0) is 102 Å². The second kappa shape index (κ2) is 12.3. The quantitative estimate of drug-likeness (QED) is 0.184. The molecule has 0 fully saturated rings. The van der Waals surface area contributed by atoms with Crippen molar-refractivity contribution >= 4 is 64.6 Å². The number of hydrogen-bond donors (Lipinski definition) is 1. The molecule has 2 nitrogen and oxygen atoms in total. The first-order valence-corrected chi connectivity index (χ1v) is 18.8. The average molecular weight is 685 g/mol. The molecule has 0 saturated carbocycles. The Bertz CT molecular complexity index is 2840. The lowest BCUT2D eigenvalue weighted by molar-refractivity contribution is 0.573. The van der Waals surface area contributed by atoms with Crippen molar-refractivity contribution in [2.45, 2.75) is 18.8 Å². The van der Waals surface area contributed by atoms with Crippen molar-refractivity contribution < 1.29 is 0 Å². The summed E-state index contributed by atoms with van der Waals surface area (Å²) in [6.07, 6.45) is 5.52. The predicted octanol–water partition coefficient (Wildman–Crippen LogP) is 13.6. The van der Waals surface area contributed by atoms with Gasteiger partial charge < -0.3 is 9.88 Å². The van der Waals surface area contributed by atoms with Gasteiger partial charge in [-0.25, -0.2) is 0 Å². The van der Waals surface area contributed by atoms with E-state index in [9.17, 15) is 0 Å². The van der Waals surface area contributed by atoms with Gasteiger partial charge in [0.2, 0.25) is 0 Å². The van der Waals surface area contributed by atoms with E-state index in [2.05, 4.69) is 199 Å². The number of allylic oxidation sites excluding steroid dienone is 4. The smallest absolute Gasteiger partial charge is 0.0541 e. The molecular weight excluding hydrogens is 649 g/mol. The maximum Gasteiger partial charge on any atom is 0.0541 e. The van der Waals surface area contributed by atoms with Gasteiger partial charge in [0.05, 0.1) is 11.0 Å². The summed E-state index contributed by atoms with van der Waals surface area (Å²) in [6, 6.07) is 61.8. The Labute approximate surface area is 307 Å². The van der Waals surface area contributed by atoms with Crippen molar-refractivity contribution in [3.8, 4) is 16.8 Å². The summed E-state index contributed by atoms with van der Waals surface area (Å²) in [5.41, 5.74) is 12.0. The second-order valence-electron chi connectivity index (χ2n) is 14.1. The van der Waals surface area contributed by atoms with E-state index in [1.807, 2.05) is 11.3 Å². The van der Waals surface area contributed by atoms with Crippen molar-refractivity contribution in [1.29, 1.82) is 0 Å². The number of nitrogens with one attached hydrogen (secondary N) is 1. The lowest BCUT2D eigenvalue weighted by Gasteiger charge is -2.37. The van der Waals surface area contributed by atoms with Crippen LogP contribution in [0.1, 0.15) is 24.5 Å². The third-order valence-corrected chi connectivity index (χ3v) is 12.1. The summed E-state index contributed by atoms with van der Waals surface area (Å²) >= 11 is 1.89. The van der Waals surface area contributed by atoms with Gasteiger partial charge >= 0.3 is 0 Å². The van der Waals surface area contributed by atoms with E-state index >= 15 is 0 Å². The van der Waals surface area contributed by atoms with Crippen LogP contribution in [0.2, 0.25) is 0 Å². The number of nitrogens with zero attached hydrogens (tertiary/aromatic N) is 1. The van der Waals surface area contributed by atoms with Crippen molar-refractivity contribution in [3.63, 3.8) is 0 Å². The van der Waals surface area contributed by atoms with Crippen LogP contribution in [0, 0.1) is 0 Å². The van der Waals surface area contributed by atoms with E-state index in [4.69, 9.17) is 0 Å². The lowest BCUT2D eigenvalue weighted by Crippen LogP contribution is -2.31. The fourth-order valence-corrected chi connectivity index (χ4v) is 9.31. The zero-order chi connectivity index (χ0) is 34.6. The number of rotatable bonds is 6. The van der Waals surface area contributed by atoms with Gasteiger partial charge in [-0.2, -0.15) is 0 Å². The minimum absolute atomic E-state index is 0.292. The fourth-order valence-electron chi connectivity index (χ4n) is 8.17. The molecular formula is C49H36N2S. The Morgan fingerprint density at radius 3 is 2.00 bits per heavy atom. The molecule has 2 heterocycles. The van der Waals surface area contributed by atoms with Crippen LogP contribution in [0.25, 0.3) is 64.4 Å². The summed E-state index contributed by atoms with van der Waals surface area (Å²) in [6.45, 7) is 2.41. The Balaban J connectivity index is 1.09. The minimum atomic E-state index is -0.292. The number of aromatic nitrogens is 1. The first-order chi connectivity index (χ1) is 25.6. The van der Waals surface area contributed by atoms with Gasteiger partial charge in [0, 0.05) is 53.4 Å². The van der Waals surface area contributed by atoms with E-state index in [1.54, 1.807) is 0 Å². The largest absolute Gasteiger partial charge is 0.358 e. The third kappa shape index (κ3) is 5.08. The van der Waals surface area contributed by atoms with E-state index in [1.165, 1.54) is 81.2 Å². The highest BCUT2D eigenvalue weighted by Gasteiger charge is 2.35. The highest BCUT2D eigenvalue weighted by atomic mass is 32.1. The van der Waals surface area contributed by atoms with Crippen LogP contribution in [0.15, 0.2) is 188 Å². The summed E-state index contributed by atoms with van der Waals surface area (Å²) in [5, 5.41) is 9.10. The molecule has 1 atom stereocenters. The third-order valence-electron chi connectivity index (χ3n) is 10.9. The summed E-state index contributed by atoms with van der Waals surface area (Å²) < 4.78 is 5.05. The molecule has 10 rings (SSSR count). The van der Waals surface area contributed by atoms with E-state index in [0.717, 1.165) is 12.1 Å². The molecule has 1 unspecified atom stereocenters. The molecule has 0 amide bonds. The first-order valence-electron chi connectivity index (χ1n) is 18.0. The van der Waals surface area contributed by atoms with Crippen LogP contribution < -0.4 is 5.32 Å². The zero-order valence-corrected chi connectivity index (χ0v) is 29.7. The molecule has 1 aliphatic carbocycles. The molecule has 7 aromatic carbocycles. The maximum absolute atomic E-state index is 3.89. The molecule has 1 N–H and O–H groups in total. The van der Waals surface area contributed by atoms with Gasteiger partial charge in [0.15, 0.2) is 0 Å². The van der Waals surface area contributed by atoms with E-state index in [0.29, 0.717) is 0 Å². The van der Waals surface area contributed by atoms with Crippen LogP contribution in [0.5, 0.6) is 0 Å². The van der Waals surface area contributed by atoms with Crippen LogP contribution in [0.4, 0.5) is 5.69 Å². The van der Waals surface area contributed by atoms with Crippen molar-refractivity contribution in [2.75, 3.05) is 5.32 Å². The number of hydrogen-bond acceptors (Lipinski definition) is 2. The van der Waals surface area contributed by atoms with Crippen LogP contribution in [-0.2, 0) is 5.41 Å². The molecule has 2 aromatic heterocycles. The molecule has 0 saturated heterocycles. The summed E-state index contributed by atoms with van der Waals surface area (Å²) in [4.78, 5) is 0. The number of anilines is 1. The molecule has 0 radical (unpaired) electrons. The van der Waals surface area contributed by atoms with Gasteiger partial charge in [0.1, 0.15) is 0 Å². The van der Waals surface area contributed by atoms with Gasteiger partial charge in [-0.3, -0.25) is 0 Å². The van der Waals surface area contributed by atoms with Crippen LogP contribution in [0.3, 0.4) is 0 Å². The second-order valence-corrected chi connectivity index (χ2v) is 15.2. The van der Waals surface area contributed by atoms with E-state index < -0.39 is 0 Å². The number of fused-ring (bicyclic) bond motifs is 6. The molecule has 9 aromatic rings. The monoisotopic (exact) mass is 684 g/mol. The SMILES string of the molecule is CC1(c2ccc3c(c2)sc2ccccc23)CC(c2ccc3c(c2)c2ccccc2n3-c2ccccc2)=CC=C1Nc1ccc(-c2ccccc2)cc1. The van der Waals surface area contributed by atoms with Crippen LogP contribution in [-0.4, -0.2) is 4.57 Å². The molecule has 0 aliphatic heterocycles. The molecule has 3 heteroatoms. The number of para-hydroxylation sites is 2. The topological polar surface area (TPSA) is 17.0 Å². The molecule has 1 aliphatic rings. The minimum Gasteiger partial charge on any atom is -0.358 e. The van der Waals surface area contributed by atoms with Crippen LogP contribution >= 0.6 is 11.3 Å². The number of benzene rings is 7. The molecule has 0 spiro atoms. The van der Waals surface area contributed by atoms with Crippen molar-refractivity contribution in [3.05, 3.63) is 199 Å². The fraction of sp³-hybridized carbons (Fsp3) is 0.0612.